The standard InChI is InChI=1S/C22H22N4O2/c1-28-19-9-7-16(8-10-19)17-13-14-26(15-17)21-12-11-20(24-25-21)22(27)23-18-5-3-2-4-6-18/h2-12,17H,13-15H2,1H3,(H,23,27). The van der Waals surface area contributed by atoms with E-state index in [9.17, 15) is 4.79 Å². The van der Waals surface area contributed by atoms with Gasteiger partial charge < -0.3 is 15.0 Å². The summed E-state index contributed by atoms with van der Waals surface area (Å²) in [5.74, 6) is 1.86. The van der Waals surface area contributed by atoms with Crippen molar-refractivity contribution >= 4 is 17.4 Å². The van der Waals surface area contributed by atoms with Crippen LogP contribution in [0.5, 0.6) is 5.75 Å². The van der Waals surface area contributed by atoms with E-state index in [1.165, 1.54) is 5.56 Å². The van der Waals surface area contributed by atoms with Crippen molar-refractivity contribution in [1.82, 2.24) is 10.2 Å². The molecule has 1 saturated heterocycles. The molecule has 2 aromatic carbocycles. The van der Waals surface area contributed by atoms with E-state index in [-0.39, 0.29) is 5.91 Å². The first-order valence-electron chi connectivity index (χ1n) is 9.32. The fraction of sp³-hybridized carbons (Fsp3) is 0.227. The molecule has 1 amide bonds. The average Bonchev–Trinajstić information content (AvgIpc) is 3.25. The molecule has 1 fully saturated rings. The van der Waals surface area contributed by atoms with E-state index in [1.54, 1.807) is 13.2 Å². The van der Waals surface area contributed by atoms with E-state index in [1.807, 2.05) is 48.5 Å². The fourth-order valence-corrected chi connectivity index (χ4v) is 3.45. The van der Waals surface area contributed by atoms with E-state index < -0.39 is 0 Å². The van der Waals surface area contributed by atoms with Gasteiger partial charge in [-0.1, -0.05) is 30.3 Å². The third-order valence-corrected chi connectivity index (χ3v) is 5.01. The number of carbonyl (C=O) groups is 1. The summed E-state index contributed by atoms with van der Waals surface area (Å²) in [6, 6.07) is 21.1. The molecule has 1 N–H and O–H groups in total. The smallest absolute Gasteiger partial charge is 0.276 e. The van der Waals surface area contributed by atoms with E-state index in [2.05, 4.69) is 32.5 Å². The van der Waals surface area contributed by atoms with Crippen molar-refractivity contribution in [2.75, 3.05) is 30.4 Å². The number of para-hydroxylation sites is 1. The molecule has 0 saturated carbocycles. The van der Waals surface area contributed by atoms with Crippen LogP contribution in [0.3, 0.4) is 0 Å². The topological polar surface area (TPSA) is 67.3 Å². The Balaban J connectivity index is 1.39. The van der Waals surface area contributed by atoms with Crippen LogP contribution in [-0.2, 0) is 0 Å². The van der Waals surface area contributed by atoms with Crippen LogP contribution >= 0.6 is 0 Å². The van der Waals surface area contributed by atoms with Gasteiger partial charge in [-0.3, -0.25) is 4.79 Å². The molecule has 4 rings (SSSR count). The third kappa shape index (κ3) is 3.96. The number of anilines is 2. The summed E-state index contributed by atoms with van der Waals surface area (Å²) in [5.41, 5.74) is 2.34. The molecule has 0 radical (unpaired) electrons. The second-order valence-corrected chi connectivity index (χ2v) is 6.80. The Morgan fingerprint density at radius 2 is 1.82 bits per heavy atom. The zero-order valence-corrected chi connectivity index (χ0v) is 15.7. The van der Waals surface area contributed by atoms with Crippen molar-refractivity contribution in [2.24, 2.45) is 0 Å². The van der Waals surface area contributed by atoms with Crippen molar-refractivity contribution in [3.8, 4) is 5.75 Å². The first kappa shape index (κ1) is 18.0. The third-order valence-electron chi connectivity index (χ3n) is 5.01. The second kappa shape index (κ2) is 8.08. The van der Waals surface area contributed by atoms with Gasteiger partial charge in [0.1, 0.15) is 5.75 Å². The predicted octanol–water partition coefficient (Wildman–Crippen LogP) is 3.73. The molecule has 0 aliphatic carbocycles. The Morgan fingerprint density at radius 1 is 1.04 bits per heavy atom. The van der Waals surface area contributed by atoms with Gasteiger partial charge in [0.25, 0.3) is 5.91 Å². The summed E-state index contributed by atoms with van der Waals surface area (Å²) in [4.78, 5) is 14.5. The molecule has 0 spiro atoms. The van der Waals surface area contributed by atoms with Gasteiger partial charge in [-0.05, 0) is 48.4 Å². The monoisotopic (exact) mass is 374 g/mol. The fourth-order valence-electron chi connectivity index (χ4n) is 3.45. The highest BCUT2D eigenvalue weighted by Gasteiger charge is 2.25. The summed E-state index contributed by atoms with van der Waals surface area (Å²) in [5, 5.41) is 11.2. The highest BCUT2D eigenvalue weighted by molar-refractivity contribution is 6.02. The predicted molar refractivity (Wildman–Crippen MR) is 109 cm³/mol. The zero-order chi connectivity index (χ0) is 19.3. The van der Waals surface area contributed by atoms with E-state index in [4.69, 9.17) is 4.74 Å². The summed E-state index contributed by atoms with van der Waals surface area (Å²) in [7, 11) is 1.68. The van der Waals surface area contributed by atoms with E-state index in [0.717, 1.165) is 36.8 Å². The number of amides is 1. The average molecular weight is 374 g/mol. The first-order valence-corrected chi connectivity index (χ1v) is 9.32. The lowest BCUT2D eigenvalue weighted by atomic mass is 9.98. The molecule has 6 nitrogen and oxygen atoms in total. The second-order valence-electron chi connectivity index (χ2n) is 6.80. The molecule has 1 aromatic heterocycles. The normalized spacial score (nSPS) is 16.0. The lowest BCUT2D eigenvalue weighted by Crippen LogP contribution is -2.22. The van der Waals surface area contributed by atoms with Crippen LogP contribution in [0.1, 0.15) is 28.4 Å². The lowest BCUT2D eigenvalue weighted by molar-refractivity contribution is 0.102. The van der Waals surface area contributed by atoms with Crippen LogP contribution < -0.4 is 15.0 Å². The lowest BCUT2D eigenvalue weighted by Gasteiger charge is -2.17. The number of benzene rings is 2. The number of carbonyl (C=O) groups excluding carboxylic acids is 1. The Hall–Kier alpha value is -3.41. The van der Waals surface area contributed by atoms with Gasteiger partial charge in [-0.25, -0.2) is 0 Å². The van der Waals surface area contributed by atoms with Gasteiger partial charge >= 0.3 is 0 Å². The Kier molecular flexibility index (Phi) is 5.19. The van der Waals surface area contributed by atoms with Crippen LogP contribution in [0, 0.1) is 0 Å². The van der Waals surface area contributed by atoms with E-state index >= 15 is 0 Å². The van der Waals surface area contributed by atoms with Crippen LogP contribution in [0.4, 0.5) is 11.5 Å². The number of ether oxygens (including phenoxy) is 1. The summed E-state index contributed by atoms with van der Waals surface area (Å²) in [6.45, 7) is 1.80. The molecule has 3 aromatic rings. The number of hydrogen-bond donors (Lipinski definition) is 1. The minimum atomic E-state index is -0.261. The van der Waals surface area contributed by atoms with Crippen LogP contribution in [0.25, 0.3) is 0 Å². The number of methoxy groups -OCH3 is 1. The van der Waals surface area contributed by atoms with Gasteiger partial charge in [0.2, 0.25) is 0 Å². The molecular weight excluding hydrogens is 352 g/mol. The minimum absolute atomic E-state index is 0.261. The van der Waals surface area contributed by atoms with Crippen molar-refractivity contribution in [3.63, 3.8) is 0 Å². The van der Waals surface area contributed by atoms with Crippen LogP contribution in [-0.4, -0.2) is 36.3 Å². The Morgan fingerprint density at radius 3 is 2.50 bits per heavy atom. The molecule has 28 heavy (non-hydrogen) atoms. The maximum Gasteiger partial charge on any atom is 0.276 e. The largest absolute Gasteiger partial charge is 0.497 e. The Bertz CT molecular complexity index is 927. The van der Waals surface area contributed by atoms with Gasteiger partial charge in [-0.2, -0.15) is 0 Å². The quantitative estimate of drug-likeness (QED) is 0.737. The number of hydrogen-bond acceptors (Lipinski definition) is 5. The Labute approximate surface area is 164 Å². The molecule has 142 valence electrons. The molecule has 1 unspecified atom stereocenters. The minimum Gasteiger partial charge on any atom is -0.497 e. The summed E-state index contributed by atoms with van der Waals surface area (Å²) < 4.78 is 5.23. The number of aromatic nitrogens is 2. The molecule has 1 aliphatic rings. The maximum atomic E-state index is 12.3. The molecule has 1 atom stereocenters. The van der Waals surface area contributed by atoms with Gasteiger partial charge in [0.15, 0.2) is 11.5 Å². The van der Waals surface area contributed by atoms with Crippen LogP contribution in [0.2, 0.25) is 0 Å². The van der Waals surface area contributed by atoms with Crippen molar-refractivity contribution in [2.45, 2.75) is 12.3 Å². The van der Waals surface area contributed by atoms with Crippen LogP contribution in [0.15, 0.2) is 66.7 Å². The molecule has 0 bridgehead atoms. The highest BCUT2D eigenvalue weighted by Crippen LogP contribution is 2.30. The van der Waals surface area contributed by atoms with Crippen molar-refractivity contribution in [1.29, 1.82) is 0 Å². The molecule has 6 heteroatoms. The zero-order valence-electron chi connectivity index (χ0n) is 15.7. The molecule has 2 heterocycles. The number of nitrogens with one attached hydrogen (secondary N) is 1. The van der Waals surface area contributed by atoms with Gasteiger partial charge in [0.05, 0.1) is 7.11 Å². The van der Waals surface area contributed by atoms with E-state index in [0.29, 0.717) is 11.6 Å². The number of rotatable bonds is 5. The van der Waals surface area contributed by atoms with Crippen molar-refractivity contribution < 1.29 is 9.53 Å². The highest BCUT2D eigenvalue weighted by atomic mass is 16.5. The van der Waals surface area contributed by atoms with Crippen molar-refractivity contribution in [3.05, 3.63) is 78.0 Å². The molecular formula is C22H22N4O2. The summed E-state index contributed by atoms with van der Waals surface area (Å²) >= 11 is 0. The number of nitrogens with zero attached hydrogens (tertiary/aromatic N) is 3. The van der Waals surface area contributed by atoms with Gasteiger partial charge in [-0.15, -0.1) is 10.2 Å². The summed E-state index contributed by atoms with van der Waals surface area (Å²) in [6.07, 6.45) is 1.06. The van der Waals surface area contributed by atoms with Gasteiger partial charge in [0, 0.05) is 24.7 Å². The first-order chi connectivity index (χ1) is 13.7. The SMILES string of the molecule is COc1ccc(C2CCN(c3ccc(C(=O)Nc4ccccc4)nn3)C2)cc1. The maximum absolute atomic E-state index is 12.3. The molecule has 1 aliphatic heterocycles.